The van der Waals surface area contributed by atoms with Gasteiger partial charge in [-0.05, 0) is 63.1 Å². The number of phenolic OH excluding ortho intramolecular Hbond substituents is 1. The van der Waals surface area contributed by atoms with Crippen molar-refractivity contribution in [3.8, 4) is 22.6 Å². The van der Waals surface area contributed by atoms with Crippen molar-refractivity contribution < 1.29 is 23.8 Å². The summed E-state index contributed by atoms with van der Waals surface area (Å²) in [5.41, 5.74) is 2.02. The minimum absolute atomic E-state index is 0.0699. The van der Waals surface area contributed by atoms with Gasteiger partial charge in [-0.3, -0.25) is 14.5 Å². The van der Waals surface area contributed by atoms with Crippen LogP contribution in [0.5, 0.6) is 11.5 Å². The van der Waals surface area contributed by atoms with Crippen LogP contribution in [0.15, 0.2) is 45.6 Å². The largest absolute Gasteiger partial charge is 0.507 e. The predicted octanol–water partition coefficient (Wildman–Crippen LogP) is 4.26. The molecular formula is C26H29NO6. The SMILES string of the molecule is CCOC(=O)C1CCCN(Cc2c(O)ccc3c(=O)c(-c4ccc(OC)cc4)c(C)oc23)C1. The topological polar surface area (TPSA) is 89.2 Å². The summed E-state index contributed by atoms with van der Waals surface area (Å²) in [6.45, 7) is 5.63. The van der Waals surface area contributed by atoms with Gasteiger partial charge in [0.15, 0.2) is 0 Å². The summed E-state index contributed by atoms with van der Waals surface area (Å²) >= 11 is 0. The minimum Gasteiger partial charge on any atom is -0.507 e. The Morgan fingerprint density at radius 1 is 1.21 bits per heavy atom. The summed E-state index contributed by atoms with van der Waals surface area (Å²) in [5.74, 6) is 0.881. The van der Waals surface area contributed by atoms with E-state index in [-0.39, 0.29) is 23.1 Å². The number of hydrogen-bond donors (Lipinski definition) is 1. The van der Waals surface area contributed by atoms with Gasteiger partial charge in [-0.1, -0.05) is 12.1 Å². The van der Waals surface area contributed by atoms with Crippen LogP contribution in [-0.2, 0) is 16.1 Å². The van der Waals surface area contributed by atoms with Crippen LogP contribution in [0.25, 0.3) is 22.1 Å². The van der Waals surface area contributed by atoms with Crippen molar-refractivity contribution in [2.24, 2.45) is 5.92 Å². The number of aromatic hydroxyl groups is 1. The van der Waals surface area contributed by atoms with E-state index in [0.29, 0.717) is 53.3 Å². The lowest BCUT2D eigenvalue weighted by molar-refractivity contribution is -0.150. The molecule has 1 aromatic heterocycles. The lowest BCUT2D eigenvalue weighted by Crippen LogP contribution is -2.39. The molecule has 174 valence electrons. The van der Waals surface area contributed by atoms with Crippen molar-refractivity contribution >= 4 is 16.9 Å². The van der Waals surface area contributed by atoms with Gasteiger partial charge in [0.25, 0.3) is 0 Å². The molecule has 1 N–H and O–H groups in total. The van der Waals surface area contributed by atoms with E-state index in [1.807, 2.05) is 12.1 Å². The quantitative estimate of drug-likeness (QED) is 0.560. The summed E-state index contributed by atoms with van der Waals surface area (Å²) in [6, 6.07) is 10.4. The summed E-state index contributed by atoms with van der Waals surface area (Å²) in [6.07, 6.45) is 1.65. The van der Waals surface area contributed by atoms with Crippen LogP contribution < -0.4 is 10.2 Å². The molecule has 3 aromatic rings. The molecule has 7 nitrogen and oxygen atoms in total. The number of methoxy groups -OCH3 is 1. The van der Waals surface area contributed by atoms with Crippen LogP contribution in [0, 0.1) is 12.8 Å². The van der Waals surface area contributed by atoms with Crippen LogP contribution in [0.4, 0.5) is 0 Å². The Kier molecular flexibility index (Phi) is 6.70. The Labute approximate surface area is 192 Å². The average molecular weight is 452 g/mol. The molecule has 0 bridgehead atoms. The Hall–Kier alpha value is -3.32. The first-order valence-electron chi connectivity index (χ1n) is 11.2. The van der Waals surface area contributed by atoms with Gasteiger partial charge in [-0.25, -0.2) is 0 Å². The third-order valence-electron chi connectivity index (χ3n) is 6.20. The Balaban J connectivity index is 1.70. The zero-order valence-electron chi connectivity index (χ0n) is 19.2. The smallest absolute Gasteiger partial charge is 0.310 e. The number of benzene rings is 2. The molecule has 0 saturated carbocycles. The van der Waals surface area contributed by atoms with E-state index in [1.54, 1.807) is 39.2 Å². The normalized spacial score (nSPS) is 16.6. The highest BCUT2D eigenvalue weighted by atomic mass is 16.5. The lowest BCUT2D eigenvalue weighted by atomic mass is 9.97. The van der Waals surface area contributed by atoms with E-state index >= 15 is 0 Å². The van der Waals surface area contributed by atoms with Crippen LogP contribution in [0.1, 0.15) is 31.1 Å². The van der Waals surface area contributed by atoms with Gasteiger partial charge < -0.3 is 19.0 Å². The molecule has 1 fully saturated rings. The lowest BCUT2D eigenvalue weighted by Gasteiger charge is -2.31. The second-order valence-electron chi connectivity index (χ2n) is 8.36. The molecule has 2 aromatic carbocycles. The second kappa shape index (κ2) is 9.67. The first-order chi connectivity index (χ1) is 15.9. The Morgan fingerprint density at radius 2 is 1.97 bits per heavy atom. The molecule has 0 spiro atoms. The molecule has 0 radical (unpaired) electrons. The van der Waals surface area contributed by atoms with Gasteiger partial charge in [-0.2, -0.15) is 0 Å². The molecule has 1 saturated heterocycles. The van der Waals surface area contributed by atoms with Crippen molar-refractivity contribution in [1.82, 2.24) is 4.90 Å². The molecule has 0 amide bonds. The number of piperidine rings is 1. The third kappa shape index (κ3) is 4.59. The van der Waals surface area contributed by atoms with Gasteiger partial charge in [0.2, 0.25) is 5.43 Å². The molecular weight excluding hydrogens is 422 g/mol. The van der Waals surface area contributed by atoms with E-state index in [0.717, 1.165) is 24.9 Å². The summed E-state index contributed by atoms with van der Waals surface area (Å²) < 4.78 is 16.5. The number of hydrogen-bond acceptors (Lipinski definition) is 7. The molecule has 1 unspecified atom stereocenters. The van der Waals surface area contributed by atoms with Crippen molar-refractivity contribution in [3.05, 3.63) is 57.9 Å². The van der Waals surface area contributed by atoms with Gasteiger partial charge in [0.1, 0.15) is 22.8 Å². The molecule has 0 aliphatic carbocycles. The number of rotatable bonds is 6. The average Bonchev–Trinajstić information content (AvgIpc) is 2.82. The minimum atomic E-state index is -0.189. The summed E-state index contributed by atoms with van der Waals surface area (Å²) in [4.78, 5) is 27.7. The fraction of sp³-hybridized carbons (Fsp3) is 0.385. The van der Waals surface area contributed by atoms with Crippen LogP contribution in [0.2, 0.25) is 0 Å². The van der Waals surface area contributed by atoms with E-state index in [4.69, 9.17) is 13.9 Å². The zero-order valence-corrected chi connectivity index (χ0v) is 19.2. The van der Waals surface area contributed by atoms with Crippen LogP contribution in [-0.4, -0.2) is 42.8 Å². The highest BCUT2D eigenvalue weighted by molar-refractivity contribution is 5.86. The summed E-state index contributed by atoms with van der Waals surface area (Å²) in [5, 5.41) is 11.0. The number of phenols is 1. The standard InChI is InChI=1S/C26H29NO6/c1-4-32-26(30)18-6-5-13-27(14-18)15-21-22(28)12-11-20-24(29)23(16(2)33-25(20)21)17-7-9-19(31-3)10-8-17/h7-12,18,28H,4-6,13-15H2,1-3H3. The number of aryl methyl sites for hydroxylation is 1. The van der Waals surface area contributed by atoms with Crippen molar-refractivity contribution in [2.45, 2.75) is 33.2 Å². The molecule has 1 atom stereocenters. The number of ether oxygens (including phenoxy) is 2. The van der Waals surface area contributed by atoms with Crippen molar-refractivity contribution in [3.63, 3.8) is 0 Å². The summed E-state index contributed by atoms with van der Waals surface area (Å²) in [7, 11) is 1.59. The second-order valence-corrected chi connectivity index (χ2v) is 8.36. The van der Waals surface area contributed by atoms with E-state index in [2.05, 4.69) is 4.90 Å². The number of esters is 1. The van der Waals surface area contributed by atoms with Crippen molar-refractivity contribution in [2.75, 3.05) is 26.8 Å². The number of fused-ring (bicyclic) bond motifs is 1. The highest BCUT2D eigenvalue weighted by Gasteiger charge is 2.28. The first kappa shape index (κ1) is 22.9. The molecule has 1 aliphatic rings. The maximum Gasteiger partial charge on any atom is 0.310 e. The van der Waals surface area contributed by atoms with Gasteiger partial charge >= 0.3 is 5.97 Å². The highest BCUT2D eigenvalue weighted by Crippen LogP contribution is 2.32. The van der Waals surface area contributed by atoms with Gasteiger partial charge in [0.05, 0.1) is 36.1 Å². The number of nitrogens with zero attached hydrogens (tertiary/aromatic N) is 1. The molecule has 7 heteroatoms. The molecule has 2 heterocycles. The van der Waals surface area contributed by atoms with E-state index in [1.165, 1.54) is 6.07 Å². The predicted molar refractivity (Wildman–Crippen MR) is 126 cm³/mol. The maximum atomic E-state index is 13.4. The van der Waals surface area contributed by atoms with Crippen LogP contribution in [0.3, 0.4) is 0 Å². The fourth-order valence-corrected chi connectivity index (χ4v) is 4.53. The van der Waals surface area contributed by atoms with Gasteiger partial charge in [-0.15, -0.1) is 0 Å². The van der Waals surface area contributed by atoms with E-state index < -0.39 is 0 Å². The fourth-order valence-electron chi connectivity index (χ4n) is 4.53. The monoisotopic (exact) mass is 451 g/mol. The maximum absolute atomic E-state index is 13.4. The van der Waals surface area contributed by atoms with E-state index in [9.17, 15) is 14.7 Å². The molecule has 1 aliphatic heterocycles. The first-order valence-corrected chi connectivity index (χ1v) is 11.2. The Morgan fingerprint density at radius 3 is 2.67 bits per heavy atom. The third-order valence-corrected chi connectivity index (χ3v) is 6.20. The molecule has 33 heavy (non-hydrogen) atoms. The zero-order chi connectivity index (χ0) is 23.5. The van der Waals surface area contributed by atoms with Gasteiger partial charge in [0, 0.05) is 13.1 Å². The number of carbonyl (C=O) groups is 1. The van der Waals surface area contributed by atoms with Crippen LogP contribution >= 0.6 is 0 Å². The molecule has 4 rings (SSSR count). The number of likely N-dealkylation sites (tertiary alicyclic amines) is 1. The van der Waals surface area contributed by atoms with Crippen molar-refractivity contribution in [1.29, 1.82) is 0 Å². The Bertz CT molecular complexity index is 1210. The number of carbonyl (C=O) groups excluding carboxylic acids is 1.